The molecule has 0 aliphatic rings. The van der Waals surface area contributed by atoms with Gasteiger partial charge in [0, 0.05) is 47.1 Å². The van der Waals surface area contributed by atoms with Crippen LogP contribution < -0.4 is 10.6 Å². The maximum absolute atomic E-state index is 5.29. The molecule has 0 saturated carbocycles. The summed E-state index contributed by atoms with van der Waals surface area (Å²) in [5.41, 5.74) is 0. The molecule has 0 saturated heterocycles. The molecule has 0 heterocycles. The summed E-state index contributed by atoms with van der Waals surface area (Å²) in [5.74, 6) is 0.892. The number of rotatable bonds is 12. The summed E-state index contributed by atoms with van der Waals surface area (Å²) in [6.45, 7) is 6.44. The highest BCUT2D eigenvalue weighted by Gasteiger charge is 1.96. The number of aliphatic imine (C=N–C) groups is 1. The third-order valence-corrected chi connectivity index (χ3v) is 2.75. The quantitative estimate of drug-likeness (QED) is 0.228. The average Bonchev–Trinajstić information content (AvgIpc) is 2.44. The van der Waals surface area contributed by atoms with Crippen LogP contribution in [0.1, 0.15) is 39.0 Å². The van der Waals surface area contributed by atoms with Gasteiger partial charge in [-0.3, -0.25) is 4.99 Å². The third-order valence-electron chi connectivity index (χ3n) is 2.75. The van der Waals surface area contributed by atoms with Gasteiger partial charge in [0.1, 0.15) is 0 Å². The van der Waals surface area contributed by atoms with E-state index in [4.69, 9.17) is 9.47 Å². The summed E-state index contributed by atoms with van der Waals surface area (Å²) < 4.78 is 10.3. The van der Waals surface area contributed by atoms with Gasteiger partial charge in [-0.15, -0.1) is 24.0 Å². The van der Waals surface area contributed by atoms with Crippen LogP contribution in [0, 0.1) is 0 Å². The van der Waals surface area contributed by atoms with Gasteiger partial charge in [-0.05, 0) is 39.0 Å². The molecule has 0 aromatic rings. The molecule has 20 heavy (non-hydrogen) atoms. The molecule has 0 bridgehead atoms. The fourth-order valence-electron chi connectivity index (χ4n) is 1.66. The maximum Gasteiger partial charge on any atom is 0.190 e. The lowest BCUT2D eigenvalue weighted by atomic mass is 10.2. The molecule has 0 radical (unpaired) electrons. The van der Waals surface area contributed by atoms with E-state index in [1.807, 2.05) is 6.92 Å². The van der Waals surface area contributed by atoms with Gasteiger partial charge in [-0.2, -0.15) is 0 Å². The number of unbranched alkanes of at least 4 members (excludes halogenated alkanes) is 3. The zero-order chi connectivity index (χ0) is 14.2. The highest BCUT2D eigenvalue weighted by atomic mass is 127. The van der Waals surface area contributed by atoms with Crippen LogP contribution in [0.4, 0.5) is 0 Å². The summed E-state index contributed by atoms with van der Waals surface area (Å²) in [7, 11) is 3.55. The summed E-state index contributed by atoms with van der Waals surface area (Å²) in [4.78, 5) is 4.19. The molecular formula is C14H32IN3O2. The summed E-state index contributed by atoms with van der Waals surface area (Å²) in [5, 5.41) is 6.62. The summed E-state index contributed by atoms with van der Waals surface area (Å²) in [6, 6.07) is 0. The molecule has 0 aromatic heterocycles. The first-order valence-electron chi connectivity index (χ1n) is 7.36. The molecule has 122 valence electrons. The Balaban J connectivity index is 0. The van der Waals surface area contributed by atoms with Gasteiger partial charge in [0.05, 0.1) is 0 Å². The van der Waals surface area contributed by atoms with Gasteiger partial charge in [0.25, 0.3) is 0 Å². The van der Waals surface area contributed by atoms with E-state index in [0.717, 1.165) is 64.6 Å². The topological polar surface area (TPSA) is 54.9 Å². The van der Waals surface area contributed by atoms with Crippen molar-refractivity contribution in [1.29, 1.82) is 0 Å². The maximum atomic E-state index is 5.29. The number of halogens is 1. The minimum atomic E-state index is 0. The lowest BCUT2D eigenvalue weighted by Crippen LogP contribution is -2.38. The lowest BCUT2D eigenvalue weighted by Gasteiger charge is -2.11. The SMILES string of the molecule is CCOCCCCNC(=NC)NCCCCCOC.I. The second-order valence-electron chi connectivity index (χ2n) is 4.38. The molecule has 0 unspecified atom stereocenters. The Morgan fingerprint density at radius 3 is 2.10 bits per heavy atom. The van der Waals surface area contributed by atoms with Crippen LogP contribution >= 0.6 is 24.0 Å². The molecule has 0 fully saturated rings. The van der Waals surface area contributed by atoms with E-state index in [1.54, 1.807) is 14.2 Å². The third kappa shape index (κ3) is 16.0. The van der Waals surface area contributed by atoms with Crippen molar-refractivity contribution >= 4 is 29.9 Å². The smallest absolute Gasteiger partial charge is 0.190 e. The molecule has 5 nitrogen and oxygen atoms in total. The van der Waals surface area contributed by atoms with Crippen LogP contribution in [0.3, 0.4) is 0 Å². The Morgan fingerprint density at radius 2 is 1.55 bits per heavy atom. The van der Waals surface area contributed by atoms with Crippen molar-refractivity contribution in [3.8, 4) is 0 Å². The van der Waals surface area contributed by atoms with Crippen molar-refractivity contribution in [1.82, 2.24) is 10.6 Å². The fourth-order valence-corrected chi connectivity index (χ4v) is 1.66. The fraction of sp³-hybridized carbons (Fsp3) is 0.929. The van der Waals surface area contributed by atoms with E-state index in [-0.39, 0.29) is 24.0 Å². The van der Waals surface area contributed by atoms with Gasteiger partial charge in [0.2, 0.25) is 0 Å². The summed E-state index contributed by atoms with van der Waals surface area (Å²) >= 11 is 0. The van der Waals surface area contributed by atoms with Gasteiger partial charge < -0.3 is 20.1 Å². The Labute approximate surface area is 141 Å². The van der Waals surface area contributed by atoms with Crippen LogP contribution in [0.15, 0.2) is 4.99 Å². The Bertz CT molecular complexity index is 199. The number of hydrogen-bond acceptors (Lipinski definition) is 3. The highest BCUT2D eigenvalue weighted by molar-refractivity contribution is 14.0. The largest absolute Gasteiger partial charge is 0.385 e. The van der Waals surface area contributed by atoms with Crippen molar-refractivity contribution in [3.05, 3.63) is 0 Å². The van der Waals surface area contributed by atoms with Crippen LogP contribution in [0.25, 0.3) is 0 Å². The second-order valence-corrected chi connectivity index (χ2v) is 4.38. The van der Waals surface area contributed by atoms with Gasteiger partial charge in [0.15, 0.2) is 5.96 Å². The van der Waals surface area contributed by atoms with E-state index < -0.39 is 0 Å². The molecule has 0 aliphatic heterocycles. The van der Waals surface area contributed by atoms with Crippen molar-refractivity contribution in [3.63, 3.8) is 0 Å². The van der Waals surface area contributed by atoms with Crippen molar-refractivity contribution in [2.75, 3.05) is 47.1 Å². The molecular weight excluding hydrogens is 369 g/mol. The van der Waals surface area contributed by atoms with E-state index in [9.17, 15) is 0 Å². The van der Waals surface area contributed by atoms with Gasteiger partial charge in [-0.25, -0.2) is 0 Å². The molecule has 0 spiro atoms. The first-order valence-corrected chi connectivity index (χ1v) is 7.36. The number of nitrogens with one attached hydrogen (secondary N) is 2. The lowest BCUT2D eigenvalue weighted by molar-refractivity contribution is 0.143. The standard InChI is InChI=1S/C14H31N3O2.HI/c1-4-19-13-9-7-11-17-14(15-2)16-10-6-5-8-12-18-3;/h4-13H2,1-3H3,(H2,15,16,17);1H. The van der Waals surface area contributed by atoms with Gasteiger partial charge in [-0.1, -0.05) is 0 Å². The zero-order valence-electron chi connectivity index (χ0n) is 13.2. The molecule has 0 atom stereocenters. The van der Waals surface area contributed by atoms with Crippen molar-refractivity contribution in [2.24, 2.45) is 4.99 Å². The first kappa shape index (κ1) is 22.2. The van der Waals surface area contributed by atoms with Crippen LogP contribution in [0.5, 0.6) is 0 Å². The number of ether oxygens (including phenoxy) is 2. The monoisotopic (exact) mass is 401 g/mol. The van der Waals surface area contributed by atoms with Crippen molar-refractivity contribution in [2.45, 2.75) is 39.0 Å². The Kier molecular flexibility index (Phi) is 21.0. The zero-order valence-corrected chi connectivity index (χ0v) is 15.6. The molecule has 0 aromatic carbocycles. The number of hydrogen-bond donors (Lipinski definition) is 2. The van der Waals surface area contributed by atoms with E-state index in [1.165, 1.54) is 6.42 Å². The molecule has 0 rings (SSSR count). The van der Waals surface area contributed by atoms with Crippen molar-refractivity contribution < 1.29 is 9.47 Å². The minimum Gasteiger partial charge on any atom is -0.385 e. The van der Waals surface area contributed by atoms with E-state index in [2.05, 4.69) is 15.6 Å². The van der Waals surface area contributed by atoms with E-state index in [0.29, 0.717) is 0 Å². The van der Waals surface area contributed by atoms with Gasteiger partial charge >= 0.3 is 0 Å². The molecule has 2 N–H and O–H groups in total. The molecule has 6 heteroatoms. The first-order chi connectivity index (χ1) is 9.35. The average molecular weight is 401 g/mol. The number of guanidine groups is 1. The minimum absolute atomic E-state index is 0. The van der Waals surface area contributed by atoms with Crippen LogP contribution in [-0.4, -0.2) is 53.0 Å². The molecule has 0 aliphatic carbocycles. The van der Waals surface area contributed by atoms with Crippen LogP contribution in [-0.2, 0) is 9.47 Å². The number of methoxy groups -OCH3 is 1. The van der Waals surface area contributed by atoms with E-state index >= 15 is 0 Å². The normalized spacial score (nSPS) is 11.1. The predicted octanol–water partition coefficient (Wildman–Crippen LogP) is 2.40. The van der Waals surface area contributed by atoms with Crippen LogP contribution in [0.2, 0.25) is 0 Å². The highest BCUT2D eigenvalue weighted by Crippen LogP contribution is 1.93. The predicted molar refractivity (Wildman–Crippen MR) is 96.2 cm³/mol. The summed E-state index contributed by atoms with van der Waals surface area (Å²) in [6.07, 6.45) is 5.66. The number of nitrogens with zero attached hydrogens (tertiary/aromatic N) is 1. The second kappa shape index (κ2) is 18.9. The Hall–Kier alpha value is -0.0800. The molecule has 0 amide bonds. The Morgan fingerprint density at radius 1 is 0.950 bits per heavy atom.